The van der Waals surface area contributed by atoms with Crippen molar-refractivity contribution in [3.05, 3.63) is 0 Å². The number of hydrogen-bond donors (Lipinski definition) is 2. The number of unbranched alkanes of at least 4 members (excludes halogenated alkanes) is 1. The first-order valence-corrected chi connectivity index (χ1v) is 5.73. The van der Waals surface area contributed by atoms with E-state index in [9.17, 15) is 4.79 Å². The van der Waals surface area contributed by atoms with Gasteiger partial charge >= 0.3 is 5.97 Å². The summed E-state index contributed by atoms with van der Waals surface area (Å²) in [6.45, 7) is 5.18. The molecule has 1 fully saturated rings. The molecular formula is C11H22N2O2. The smallest absolute Gasteiger partial charge is 0.324 e. The zero-order valence-corrected chi connectivity index (χ0v) is 9.70. The van der Waals surface area contributed by atoms with Crippen molar-refractivity contribution in [2.45, 2.75) is 51.1 Å². The highest BCUT2D eigenvalue weighted by Crippen LogP contribution is 2.28. The van der Waals surface area contributed by atoms with Gasteiger partial charge in [-0.3, -0.25) is 9.69 Å². The lowest BCUT2D eigenvalue weighted by molar-refractivity contribution is -0.143. The summed E-state index contributed by atoms with van der Waals surface area (Å²) in [4.78, 5) is 13.2. The van der Waals surface area contributed by atoms with Crippen LogP contribution in [-0.4, -0.2) is 40.6 Å². The fourth-order valence-corrected chi connectivity index (χ4v) is 1.68. The Kier molecular flexibility index (Phi) is 4.11. The molecule has 4 nitrogen and oxygen atoms in total. The second kappa shape index (κ2) is 4.94. The summed E-state index contributed by atoms with van der Waals surface area (Å²) in [5, 5.41) is 8.97. The molecule has 0 bridgehead atoms. The van der Waals surface area contributed by atoms with Crippen LogP contribution in [0.5, 0.6) is 0 Å². The molecule has 1 rings (SSSR count). The van der Waals surface area contributed by atoms with Gasteiger partial charge in [0.1, 0.15) is 5.54 Å². The topological polar surface area (TPSA) is 66.6 Å². The van der Waals surface area contributed by atoms with Gasteiger partial charge in [0.2, 0.25) is 0 Å². The van der Waals surface area contributed by atoms with E-state index < -0.39 is 11.5 Å². The number of carboxylic acid groups (broad SMARTS) is 1. The van der Waals surface area contributed by atoms with Gasteiger partial charge in [-0.25, -0.2) is 0 Å². The van der Waals surface area contributed by atoms with Crippen LogP contribution in [0.25, 0.3) is 0 Å². The molecule has 0 aliphatic heterocycles. The third-order valence-electron chi connectivity index (χ3n) is 2.88. The molecule has 1 aliphatic rings. The van der Waals surface area contributed by atoms with Crippen molar-refractivity contribution in [3.63, 3.8) is 0 Å². The summed E-state index contributed by atoms with van der Waals surface area (Å²) in [6.07, 6.45) is 4.64. The summed E-state index contributed by atoms with van der Waals surface area (Å²) in [6, 6.07) is 0.582. The van der Waals surface area contributed by atoms with Crippen molar-refractivity contribution < 1.29 is 9.90 Å². The molecule has 0 amide bonds. The van der Waals surface area contributed by atoms with Crippen LogP contribution in [0.4, 0.5) is 0 Å². The summed E-state index contributed by atoms with van der Waals surface area (Å²) in [5.41, 5.74) is 4.64. The zero-order chi connectivity index (χ0) is 11.5. The van der Waals surface area contributed by atoms with E-state index in [4.69, 9.17) is 10.8 Å². The molecule has 15 heavy (non-hydrogen) atoms. The van der Waals surface area contributed by atoms with Crippen molar-refractivity contribution in [2.24, 2.45) is 5.73 Å². The van der Waals surface area contributed by atoms with E-state index in [1.54, 1.807) is 6.92 Å². The monoisotopic (exact) mass is 214 g/mol. The second-order valence-corrected chi connectivity index (χ2v) is 4.78. The Hall–Kier alpha value is -0.610. The van der Waals surface area contributed by atoms with Crippen LogP contribution in [0, 0.1) is 0 Å². The Balaban J connectivity index is 2.46. The first-order chi connectivity index (χ1) is 6.97. The van der Waals surface area contributed by atoms with E-state index in [-0.39, 0.29) is 0 Å². The normalized spacial score (nSPS) is 20.3. The van der Waals surface area contributed by atoms with Gasteiger partial charge < -0.3 is 10.8 Å². The highest BCUT2D eigenvalue weighted by molar-refractivity contribution is 5.78. The maximum absolute atomic E-state index is 10.9. The van der Waals surface area contributed by atoms with Crippen LogP contribution < -0.4 is 5.73 Å². The maximum Gasteiger partial charge on any atom is 0.324 e. The van der Waals surface area contributed by atoms with Gasteiger partial charge in [0.15, 0.2) is 0 Å². The minimum absolute atomic E-state index is 0.465. The van der Waals surface area contributed by atoms with Gasteiger partial charge in [-0.2, -0.15) is 0 Å². The average Bonchev–Trinajstić information content (AvgIpc) is 2.94. The van der Waals surface area contributed by atoms with Crippen molar-refractivity contribution in [1.29, 1.82) is 0 Å². The van der Waals surface area contributed by atoms with Gasteiger partial charge in [0.25, 0.3) is 0 Å². The quantitative estimate of drug-likeness (QED) is 0.665. The second-order valence-electron chi connectivity index (χ2n) is 4.78. The van der Waals surface area contributed by atoms with E-state index in [1.165, 1.54) is 12.8 Å². The zero-order valence-electron chi connectivity index (χ0n) is 9.70. The maximum atomic E-state index is 10.9. The van der Waals surface area contributed by atoms with Crippen LogP contribution in [0.3, 0.4) is 0 Å². The predicted octanol–water partition coefficient (Wildman–Crippen LogP) is 1.05. The van der Waals surface area contributed by atoms with E-state index >= 15 is 0 Å². The molecule has 0 radical (unpaired) electrons. The number of aliphatic carboxylic acids is 1. The molecule has 0 aromatic rings. The van der Waals surface area contributed by atoms with Gasteiger partial charge in [-0.1, -0.05) is 13.3 Å². The number of carboxylic acids is 1. The molecule has 4 heteroatoms. The Morgan fingerprint density at radius 1 is 1.60 bits per heavy atom. The minimum atomic E-state index is -1.11. The van der Waals surface area contributed by atoms with Gasteiger partial charge in [-0.15, -0.1) is 0 Å². The number of nitrogens with zero attached hydrogens (tertiary/aromatic N) is 1. The number of hydrogen-bond acceptors (Lipinski definition) is 3. The summed E-state index contributed by atoms with van der Waals surface area (Å²) >= 11 is 0. The van der Waals surface area contributed by atoms with Crippen LogP contribution >= 0.6 is 0 Å². The third kappa shape index (κ3) is 3.80. The molecule has 0 aromatic heterocycles. The van der Waals surface area contributed by atoms with E-state index in [1.807, 2.05) is 0 Å². The molecule has 1 atom stereocenters. The van der Waals surface area contributed by atoms with Gasteiger partial charge in [0.05, 0.1) is 0 Å². The van der Waals surface area contributed by atoms with Crippen LogP contribution in [0.2, 0.25) is 0 Å². The van der Waals surface area contributed by atoms with Crippen LogP contribution in [0.1, 0.15) is 39.5 Å². The molecule has 88 valence electrons. The SMILES string of the molecule is CCCCN(CC(C)(N)C(=O)O)C1CC1. The Morgan fingerprint density at radius 3 is 2.60 bits per heavy atom. The van der Waals surface area contributed by atoms with E-state index in [0.717, 1.165) is 19.4 Å². The molecule has 3 N–H and O–H groups in total. The fourth-order valence-electron chi connectivity index (χ4n) is 1.68. The Labute approximate surface area is 91.4 Å². The molecule has 0 heterocycles. The number of rotatable bonds is 7. The summed E-state index contributed by atoms with van der Waals surface area (Å²) in [5.74, 6) is -0.912. The predicted molar refractivity (Wildman–Crippen MR) is 59.7 cm³/mol. The standard InChI is InChI=1S/C11H22N2O2/c1-3-4-7-13(9-5-6-9)8-11(2,12)10(14)15/h9H,3-8,12H2,1-2H3,(H,14,15). The molecule has 1 aliphatic carbocycles. The van der Waals surface area contributed by atoms with Crippen LogP contribution in [-0.2, 0) is 4.79 Å². The van der Waals surface area contributed by atoms with Crippen molar-refractivity contribution in [2.75, 3.05) is 13.1 Å². The lowest BCUT2D eigenvalue weighted by Crippen LogP contribution is -2.54. The van der Waals surface area contributed by atoms with Gasteiger partial charge in [-0.05, 0) is 32.7 Å². The molecule has 1 unspecified atom stereocenters. The average molecular weight is 214 g/mol. The van der Waals surface area contributed by atoms with Crippen molar-refractivity contribution in [1.82, 2.24) is 4.90 Å². The highest BCUT2D eigenvalue weighted by Gasteiger charge is 2.36. The van der Waals surface area contributed by atoms with E-state index in [0.29, 0.717) is 12.6 Å². The van der Waals surface area contributed by atoms with Crippen molar-refractivity contribution in [3.8, 4) is 0 Å². The fraction of sp³-hybridized carbons (Fsp3) is 0.909. The Bertz CT molecular complexity index is 225. The molecule has 1 saturated carbocycles. The number of nitrogens with two attached hydrogens (primary N) is 1. The lowest BCUT2D eigenvalue weighted by atomic mass is 10.0. The van der Waals surface area contributed by atoms with E-state index in [2.05, 4.69) is 11.8 Å². The molecule has 0 aromatic carbocycles. The van der Waals surface area contributed by atoms with Crippen LogP contribution in [0.15, 0.2) is 0 Å². The third-order valence-corrected chi connectivity index (χ3v) is 2.88. The Morgan fingerprint density at radius 2 is 2.20 bits per heavy atom. The summed E-state index contributed by atoms with van der Waals surface area (Å²) in [7, 11) is 0. The molecule has 0 saturated heterocycles. The minimum Gasteiger partial charge on any atom is -0.480 e. The largest absolute Gasteiger partial charge is 0.480 e. The molecule has 0 spiro atoms. The first kappa shape index (κ1) is 12.5. The summed E-state index contributed by atoms with van der Waals surface area (Å²) < 4.78 is 0. The lowest BCUT2D eigenvalue weighted by Gasteiger charge is -2.29. The number of carbonyl (C=O) groups is 1. The molecular weight excluding hydrogens is 192 g/mol. The van der Waals surface area contributed by atoms with Crippen molar-refractivity contribution >= 4 is 5.97 Å². The van der Waals surface area contributed by atoms with Gasteiger partial charge in [0, 0.05) is 12.6 Å². The highest BCUT2D eigenvalue weighted by atomic mass is 16.4. The first-order valence-electron chi connectivity index (χ1n) is 5.73.